The molecule has 0 amide bonds. The van der Waals surface area contributed by atoms with Crippen LogP contribution in [0.15, 0.2) is 71.9 Å². The molecule has 0 unspecified atom stereocenters. The molecule has 1 saturated carbocycles. The second-order valence-electron chi connectivity index (χ2n) is 8.66. The van der Waals surface area contributed by atoms with E-state index in [4.69, 9.17) is 33.2 Å². The molecule has 3 aliphatic rings. The van der Waals surface area contributed by atoms with Crippen molar-refractivity contribution in [3.8, 4) is 17.1 Å². The average molecular weight is 504 g/mol. The number of pyridine rings is 1. The summed E-state index contributed by atoms with van der Waals surface area (Å²) in [6.45, 7) is 1.96. The normalized spacial score (nSPS) is 14.1. The van der Waals surface area contributed by atoms with Crippen molar-refractivity contribution in [1.29, 1.82) is 0 Å². The molecule has 0 saturated heterocycles. The molecule has 1 fully saturated rings. The van der Waals surface area contributed by atoms with Crippen LogP contribution in [0.5, 0.6) is 0 Å². The molecule has 1 aromatic heterocycles. The SMILES string of the molecule is Cc1ncccc1Nc1cc2nc3ccc(F)cc3n(-c3ccc(Cl)c(Cl)c3)c-2c/c1=N\C1CC1. The van der Waals surface area contributed by atoms with Crippen LogP contribution in [-0.4, -0.2) is 20.6 Å². The zero-order valence-electron chi connectivity index (χ0n) is 18.8. The first-order valence-electron chi connectivity index (χ1n) is 11.3. The summed E-state index contributed by atoms with van der Waals surface area (Å²) in [6, 6.07) is 18.1. The van der Waals surface area contributed by atoms with Gasteiger partial charge in [0.05, 0.1) is 60.9 Å². The van der Waals surface area contributed by atoms with E-state index in [1.165, 1.54) is 12.1 Å². The van der Waals surface area contributed by atoms with Crippen molar-refractivity contribution in [1.82, 2.24) is 14.5 Å². The van der Waals surface area contributed by atoms with Crippen LogP contribution in [0, 0.1) is 12.7 Å². The van der Waals surface area contributed by atoms with Gasteiger partial charge in [0.1, 0.15) is 5.82 Å². The monoisotopic (exact) mass is 503 g/mol. The third-order valence-electron chi connectivity index (χ3n) is 6.06. The van der Waals surface area contributed by atoms with Crippen molar-refractivity contribution >= 4 is 45.6 Å². The molecule has 6 rings (SSSR count). The first-order valence-corrected chi connectivity index (χ1v) is 12.1. The molecule has 2 aliphatic carbocycles. The number of benzene rings is 3. The second-order valence-corrected chi connectivity index (χ2v) is 9.47. The first kappa shape index (κ1) is 22.0. The highest BCUT2D eigenvalue weighted by molar-refractivity contribution is 6.42. The maximum atomic E-state index is 14.4. The molecule has 35 heavy (non-hydrogen) atoms. The molecule has 2 heterocycles. The van der Waals surface area contributed by atoms with Crippen molar-refractivity contribution in [2.75, 3.05) is 5.32 Å². The maximum absolute atomic E-state index is 14.4. The van der Waals surface area contributed by atoms with E-state index in [1.807, 2.05) is 41.8 Å². The van der Waals surface area contributed by atoms with Crippen molar-refractivity contribution in [3.05, 3.63) is 93.8 Å². The lowest BCUT2D eigenvalue weighted by molar-refractivity contribution is 0.629. The molecule has 0 spiro atoms. The van der Waals surface area contributed by atoms with E-state index in [0.29, 0.717) is 27.1 Å². The van der Waals surface area contributed by atoms with Crippen molar-refractivity contribution in [3.63, 3.8) is 0 Å². The topological polar surface area (TPSA) is 55.1 Å². The zero-order chi connectivity index (χ0) is 24.1. The number of rotatable bonds is 4. The van der Waals surface area contributed by atoms with E-state index < -0.39 is 0 Å². The number of hydrogen-bond acceptors (Lipinski definition) is 4. The molecular formula is C27H20Cl2FN5. The number of fused-ring (bicyclic) bond motifs is 2. The largest absolute Gasteiger partial charge is 0.352 e. The summed E-state index contributed by atoms with van der Waals surface area (Å²) in [5.74, 6) is -0.347. The van der Waals surface area contributed by atoms with Gasteiger partial charge in [0.2, 0.25) is 0 Å². The zero-order valence-corrected chi connectivity index (χ0v) is 20.3. The highest BCUT2D eigenvalue weighted by Crippen LogP contribution is 2.33. The lowest BCUT2D eigenvalue weighted by atomic mass is 10.1. The van der Waals surface area contributed by atoms with Crippen LogP contribution in [0.3, 0.4) is 0 Å². The Morgan fingerprint density at radius 1 is 1.00 bits per heavy atom. The molecule has 5 nitrogen and oxygen atoms in total. The smallest absolute Gasteiger partial charge is 0.125 e. The van der Waals surface area contributed by atoms with Crippen LogP contribution in [-0.2, 0) is 0 Å². The summed E-state index contributed by atoms with van der Waals surface area (Å²) in [5.41, 5.74) is 6.18. The maximum Gasteiger partial charge on any atom is 0.125 e. The Morgan fingerprint density at radius 2 is 1.86 bits per heavy atom. The number of nitrogens with zero attached hydrogens (tertiary/aromatic N) is 4. The van der Waals surface area contributed by atoms with Gasteiger partial charge in [-0.05, 0) is 74.4 Å². The highest BCUT2D eigenvalue weighted by Gasteiger charge is 2.22. The molecule has 0 bridgehead atoms. The fourth-order valence-corrected chi connectivity index (χ4v) is 4.43. The third-order valence-corrected chi connectivity index (χ3v) is 6.80. The fourth-order valence-electron chi connectivity index (χ4n) is 4.14. The number of nitrogens with one attached hydrogen (secondary N) is 1. The molecule has 3 aromatic rings. The molecule has 1 aliphatic heterocycles. The minimum Gasteiger partial charge on any atom is -0.352 e. The summed E-state index contributed by atoms with van der Waals surface area (Å²) >= 11 is 12.6. The number of anilines is 2. The predicted octanol–water partition coefficient (Wildman–Crippen LogP) is 7.09. The van der Waals surface area contributed by atoms with Gasteiger partial charge in [0, 0.05) is 18.0 Å². The van der Waals surface area contributed by atoms with Crippen LogP contribution >= 0.6 is 23.2 Å². The molecule has 174 valence electrons. The lowest BCUT2D eigenvalue weighted by Crippen LogP contribution is -2.16. The predicted molar refractivity (Wildman–Crippen MR) is 139 cm³/mol. The Labute approximate surface area is 211 Å². The van der Waals surface area contributed by atoms with Gasteiger partial charge in [-0.2, -0.15) is 0 Å². The summed E-state index contributed by atoms with van der Waals surface area (Å²) in [6.07, 6.45) is 3.90. The van der Waals surface area contributed by atoms with E-state index >= 15 is 0 Å². The number of aromatic nitrogens is 3. The quantitative estimate of drug-likeness (QED) is 0.266. The van der Waals surface area contributed by atoms with Gasteiger partial charge in [0.25, 0.3) is 0 Å². The minimum atomic E-state index is -0.347. The van der Waals surface area contributed by atoms with Crippen molar-refractivity contribution < 1.29 is 4.39 Å². The lowest BCUT2D eigenvalue weighted by Gasteiger charge is -2.21. The molecule has 8 heteroatoms. The van der Waals surface area contributed by atoms with Crippen LogP contribution in [0.2, 0.25) is 10.0 Å². The Kier molecular flexibility index (Phi) is 5.43. The third kappa shape index (κ3) is 4.24. The van der Waals surface area contributed by atoms with E-state index in [1.54, 1.807) is 24.4 Å². The summed E-state index contributed by atoms with van der Waals surface area (Å²) < 4.78 is 16.3. The van der Waals surface area contributed by atoms with Gasteiger partial charge in [-0.3, -0.25) is 9.98 Å². The Morgan fingerprint density at radius 3 is 2.63 bits per heavy atom. The van der Waals surface area contributed by atoms with Gasteiger partial charge in [-0.25, -0.2) is 9.37 Å². The minimum absolute atomic E-state index is 0.298. The second kappa shape index (κ2) is 8.63. The van der Waals surface area contributed by atoms with Crippen molar-refractivity contribution in [2.24, 2.45) is 4.99 Å². The Balaban J connectivity index is 1.66. The van der Waals surface area contributed by atoms with E-state index in [2.05, 4.69) is 10.3 Å². The summed E-state index contributed by atoms with van der Waals surface area (Å²) in [4.78, 5) is 14.2. The van der Waals surface area contributed by atoms with E-state index in [0.717, 1.165) is 52.3 Å². The van der Waals surface area contributed by atoms with Gasteiger partial charge >= 0.3 is 0 Å². The Hall–Kier alpha value is -3.48. The number of halogens is 3. The number of aryl methyl sites for hydroxylation is 1. The average Bonchev–Trinajstić information content (AvgIpc) is 3.66. The number of hydrogen-bond donors (Lipinski definition) is 1. The summed E-state index contributed by atoms with van der Waals surface area (Å²) in [7, 11) is 0. The van der Waals surface area contributed by atoms with Gasteiger partial charge in [-0.1, -0.05) is 23.2 Å². The van der Waals surface area contributed by atoms with Crippen molar-refractivity contribution in [2.45, 2.75) is 25.8 Å². The Bertz CT molecular complexity index is 1640. The van der Waals surface area contributed by atoms with Crippen LogP contribution in [0.25, 0.3) is 28.1 Å². The van der Waals surface area contributed by atoms with Crippen LogP contribution < -0.4 is 10.7 Å². The van der Waals surface area contributed by atoms with Crippen LogP contribution in [0.4, 0.5) is 15.8 Å². The molecule has 0 radical (unpaired) electrons. The summed E-state index contributed by atoms with van der Waals surface area (Å²) in [5, 5.41) is 5.18. The molecular weight excluding hydrogens is 484 g/mol. The van der Waals surface area contributed by atoms with Gasteiger partial charge in [0.15, 0.2) is 0 Å². The fraction of sp³-hybridized carbons (Fsp3) is 0.148. The van der Waals surface area contributed by atoms with Gasteiger partial charge in [-0.15, -0.1) is 0 Å². The first-order chi connectivity index (χ1) is 17.0. The standard InChI is InChI=1S/C27H20Cl2FN5/c1-15-21(3-2-10-31-15)33-23-13-25-27(14-24(23)32-17-5-6-17)35(18-7-8-19(28)20(29)12-18)26-11-16(30)4-9-22(26)34-25/h2-4,7-14,17,33H,5-6H2,1H3/b32-24+. The molecule has 0 atom stereocenters. The van der Waals surface area contributed by atoms with E-state index in [-0.39, 0.29) is 5.82 Å². The van der Waals surface area contributed by atoms with Gasteiger partial charge < -0.3 is 9.88 Å². The molecule has 1 N–H and O–H groups in total. The molecule has 2 aromatic carbocycles. The highest BCUT2D eigenvalue weighted by atomic mass is 35.5. The van der Waals surface area contributed by atoms with E-state index in [9.17, 15) is 4.39 Å². The van der Waals surface area contributed by atoms with Crippen LogP contribution in [0.1, 0.15) is 18.5 Å².